The second kappa shape index (κ2) is 7.22. The SMILES string of the molecule is CC1(C)CC(=O)C2=C(C1)Oc1nc3sc(-c4ccccc4)nn3c(=O)c1C2c1ccccc1. The fraction of sp³-hybridized carbons (Fsp3) is 0.231. The highest BCUT2D eigenvalue weighted by Crippen LogP contribution is 2.48. The Balaban J connectivity index is 1.60. The molecule has 2 aromatic heterocycles. The number of hydrogen-bond acceptors (Lipinski definition) is 6. The molecule has 0 N–H and O–H groups in total. The van der Waals surface area contributed by atoms with Crippen LogP contribution in [0.5, 0.6) is 5.88 Å². The van der Waals surface area contributed by atoms with Crippen molar-refractivity contribution in [3.05, 3.63) is 93.5 Å². The average Bonchev–Trinajstić information content (AvgIpc) is 3.23. The van der Waals surface area contributed by atoms with E-state index in [2.05, 4.69) is 18.9 Å². The van der Waals surface area contributed by atoms with Gasteiger partial charge < -0.3 is 4.74 Å². The minimum absolute atomic E-state index is 0.0218. The van der Waals surface area contributed by atoms with E-state index in [-0.39, 0.29) is 22.6 Å². The number of ether oxygens (including phenoxy) is 1. The van der Waals surface area contributed by atoms with Crippen molar-refractivity contribution < 1.29 is 9.53 Å². The number of allylic oxidation sites excluding steroid dienone is 2. The lowest BCUT2D eigenvalue weighted by Gasteiger charge is -2.37. The molecule has 0 radical (unpaired) electrons. The number of carbonyl (C=O) groups excluding carboxylic acids is 1. The van der Waals surface area contributed by atoms with Crippen molar-refractivity contribution in [1.29, 1.82) is 0 Å². The molecule has 6 rings (SSSR count). The third-order valence-electron chi connectivity index (χ3n) is 6.24. The number of benzene rings is 2. The van der Waals surface area contributed by atoms with Gasteiger partial charge in [-0.2, -0.15) is 14.6 Å². The summed E-state index contributed by atoms with van der Waals surface area (Å²) < 4.78 is 7.55. The summed E-state index contributed by atoms with van der Waals surface area (Å²) in [7, 11) is 0. The van der Waals surface area contributed by atoms with Gasteiger partial charge in [-0.1, -0.05) is 85.8 Å². The van der Waals surface area contributed by atoms with Crippen molar-refractivity contribution in [2.75, 3.05) is 0 Å². The maximum absolute atomic E-state index is 13.8. The Morgan fingerprint density at radius 1 is 1.00 bits per heavy atom. The monoisotopic (exact) mass is 455 g/mol. The first-order valence-corrected chi connectivity index (χ1v) is 11.7. The van der Waals surface area contributed by atoms with E-state index in [4.69, 9.17) is 9.72 Å². The molecule has 1 aliphatic heterocycles. The van der Waals surface area contributed by atoms with Gasteiger partial charge in [-0.15, -0.1) is 0 Å². The lowest BCUT2D eigenvalue weighted by Crippen LogP contribution is -2.36. The fourth-order valence-corrected chi connectivity index (χ4v) is 5.68. The van der Waals surface area contributed by atoms with E-state index in [1.165, 1.54) is 15.9 Å². The molecule has 2 aliphatic rings. The van der Waals surface area contributed by atoms with Crippen LogP contribution in [-0.4, -0.2) is 20.4 Å². The van der Waals surface area contributed by atoms with E-state index < -0.39 is 5.92 Å². The van der Waals surface area contributed by atoms with Gasteiger partial charge in [0.25, 0.3) is 5.56 Å². The average molecular weight is 456 g/mol. The van der Waals surface area contributed by atoms with Crippen LogP contribution in [0.4, 0.5) is 0 Å². The zero-order valence-corrected chi connectivity index (χ0v) is 19.1. The summed E-state index contributed by atoms with van der Waals surface area (Å²) in [5.74, 6) is 0.406. The van der Waals surface area contributed by atoms with Crippen molar-refractivity contribution in [3.63, 3.8) is 0 Å². The molecule has 0 saturated heterocycles. The smallest absolute Gasteiger partial charge is 0.283 e. The van der Waals surface area contributed by atoms with Crippen LogP contribution in [0.3, 0.4) is 0 Å². The number of hydrogen-bond donors (Lipinski definition) is 0. The number of ketones is 1. The molecule has 1 aliphatic carbocycles. The quantitative estimate of drug-likeness (QED) is 0.426. The van der Waals surface area contributed by atoms with Crippen LogP contribution in [0.15, 0.2) is 76.8 Å². The Hall–Kier alpha value is -3.58. The second-order valence-electron chi connectivity index (χ2n) is 9.33. The summed E-state index contributed by atoms with van der Waals surface area (Å²) in [6.45, 7) is 4.12. The normalized spacial score (nSPS) is 19.2. The molecule has 0 fully saturated rings. The van der Waals surface area contributed by atoms with Crippen molar-refractivity contribution >= 4 is 22.1 Å². The lowest BCUT2D eigenvalue weighted by molar-refractivity contribution is -0.118. The molecule has 164 valence electrons. The summed E-state index contributed by atoms with van der Waals surface area (Å²) in [5.41, 5.74) is 2.23. The highest BCUT2D eigenvalue weighted by molar-refractivity contribution is 7.19. The third kappa shape index (κ3) is 3.23. The van der Waals surface area contributed by atoms with Crippen LogP contribution in [0, 0.1) is 5.41 Å². The molecule has 6 nitrogen and oxygen atoms in total. The van der Waals surface area contributed by atoms with Crippen LogP contribution < -0.4 is 10.3 Å². The molecule has 0 amide bonds. The largest absolute Gasteiger partial charge is 0.442 e. The van der Waals surface area contributed by atoms with Gasteiger partial charge in [-0.3, -0.25) is 9.59 Å². The summed E-state index contributed by atoms with van der Waals surface area (Å²) in [4.78, 5) is 32.3. The van der Waals surface area contributed by atoms with Crippen molar-refractivity contribution in [1.82, 2.24) is 14.6 Å². The molecular formula is C26H21N3O3S. The molecule has 1 atom stereocenters. The Labute approximate surface area is 194 Å². The molecule has 0 bridgehead atoms. The predicted molar refractivity (Wildman–Crippen MR) is 127 cm³/mol. The fourth-order valence-electron chi connectivity index (χ4n) is 4.79. The van der Waals surface area contributed by atoms with Crippen molar-refractivity contribution in [2.45, 2.75) is 32.6 Å². The van der Waals surface area contributed by atoms with Crippen LogP contribution in [0.1, 0.15) is 43.7 Å². The first kappa shape index (κ1) is 20.1. The number of nitrogens with zero attached hydrogens (tertiary/aromatic N) is 3. The van der Waals surface area contributed by atoms with Crippen molar-refractivity contribution in [3.8, 4) is 16.5 Å². The Morgan fingerprint density at radius 3 is 2.42 bits per heavy atom. The molecular weight excluding hydrogens is 434 g/mol. The van der Waals surface area contributed by atoms with Crippen LogP contribution in [0.2, 0.25) is 0 Å². The van der Waals surface area contributed by atoms with Crippen molar-refractivity contribution in [2.24, 2.45) is 5.41 Å². The first-order chi connectivity index (χ1) is 15.9. The van der Waals surface area contributed by atoms with Gasteiger partial charge in [0.15, 0.2) is 5.78 Å². The van der Waals surface area contributed by atoms with Gasteiger partial charge in [0.2, 0.25) is 10.8 Å². The number of aromatic nitrogens is 3. The van der Waals surface area contributed by atoms with Gasteiger partial charge in [0, 0.05) is 24.0 Å². The van der Waals surface area contributed by atoms with Gasteiger partial charge in [-0.25, -0.2) is 0 Å². The maximum Gasteiger partial charge on any atom is 0.283 e. The zero-order valence-electron chi connectivity index (χ0n) is 18.2. The van der Waals surface area contributed by atoms with Gasteiger partial charge >= 0.3 is 0 Å². The molecule has 0 saturated carbocycles. The molecule has 1 unspecified atom stereocenters. The topological polar surface area (TPSA) is 73.6 Å². The Morgan fingerprint density at radius 2 is 1.70 bits per heavy atom. The van der Waals surface area contributed by atoms with Crippen LogP contribution in [0.25, 0.3) is 15.5 Å². The van der Waals surface area contributed by atoms with E-state index >= 15 is 0 Å². The maximum atomic E-state index is 13.8. The zero-order chi connectivity index (χ0) is 22.7. The lowest BCUT2D eigenvalue weighted by atomic mass is 9.70. The Bertz CT molecular complexity index is 1500. The summed E-state index contributed by atoms with van der Waals surface area (Å²) >= 11 is 1.34. The highest BCUT2D eigenvalue weighted by atomic mass is 32.1. The molecule has 2 aromatic carbocycles. The Kier molecular flexibility index (Phi) is 4.39. The molecule has 3 heterocycles. The van der Waals surface area contributed by atoms with Gasteiger partial charge in [0.1, 0.15) is 10.8 Å². The van der Waals surface area contributed by atoms with Gasteiger partial charge in [0.05, 0.1) is 11.5 Å². The number of carbonyl (C=O) groups is 1. The van der Waals surface area contributed by atoms with Gasteiger partial charge in [-0.05, 0) is 11.0 Å². The third-order valence-corrected chi connectivity index (χ3v) is 7.20. The molecule has 4 aromatic rings. The summed E-state index contributed by atoms with van der Waals surface area (Å²) in [5, 5.41) is 5.27. The summed E-state index contributed by atoms with van der Waals surface area (Å²) in [6.07, 6.45) is 1.04. The van der Waals surface area contributed by atoms with E-state index in [0.717, 1.165) is 11.1 Å². The molecule has 0 spiro atoms. The minimum atomic E-state index is -0.521. The minimum Gasteiger partial charge on any atom is -0.442 e. The number of Topliss-reactive ketones (excluding diaryl/α,β-unsaturated/α-hetero) is 1. The van der Waals surface area contributed by atoms with E-state index in [9.17, 15) is 9.59 Å². The summed E-state index contributed by atoms with van der Waals surface area (Å²) in [6, 6.07) is 19.4. The number of fused-ring (bicyclic) bond motifs is 2. The van der Waals surface area contributed by atoms with Crippen LogP contribution >= 0.6 is 11.3 Å². The molecule has 7 heteroatoms. The van der Waals surface area contributed by atoms with E-state index in [1.807, 2.05) is 60.7 Å². The molecule has 33 heavy (non-hydrogen) atoms. The first-order valence-electron chi connectivity index (χ1n) is 10.9. The second-order valence-corrected chi connectivity index (χ2v) is 10.3. The van der Waals surface area contributed by atoms with E-state index in [1.54, 1.807) is 0 Å². The van der Waals surface area contributed by atoms with Crippen LogP contribution in [-0.2, 0) is 4.79 Å². The predicted octanol–water partition coefficient (Wildman–Crippen LogP) is 4.99. The number of rotatable bonds is 2. The van der Waals surface area contributed by atoms with E-state index in [0.29, 0.717) is 39.7 Å². The standard InChI is InChI=1S/C26H21N3O3S/c1-26(2)13-17(30)20-18(14-26)32-22-21(19(20)15-9-5-3-6-10-15)24(31)29-25(27-22)33-23(28-29)16-11-7-4-8-12-16/h3-12,19H,13-14H2,1-2H3. The highest BCUT2D eigenvalue weighted by Gasteiger charge is 2.44.